The first-order valence-electron chi connectivity index (χ1n) is 4.61. The van der Waals surface area contributed by atoms with Crippen molar-refractivity contribution in [2.24, 2.45) is 16.7 Å². The van der Waals surface area contributed by atoms with Gasteiger partial charge in [0.05, 0.1) is 5.56 Å². The van der Waals surface area contributed by atoms with E-state index in [0.29, 0.717) is 16.3 Å². The third kappa shape index (κ3) is 4.34. The second-order valence-corrected chi connectivity index (χ2v) is 4.92. The summed E-state index contributed by atoms with van der Waals surface area (Å²) in [6.45, 7) is 0. The number of hydrogen-bond acceptors (Lipinski definition) is 6. The lowest BCUT2D eigenvalue weighted by atomic mass is 10.3. The highest BCUT2D eigenvalue weighted by atomic mass is 32.2. The number of amides is 1. The van der Waals surface area contributed by atoms with Crippen molar-refractivity contribution in [3.8, 4) is 6.07 Å². The predicted molar refractivity (Wildman–Crippen MR) is 70.5 cm³/mol. The van der Waals surface area contributed by atoms with Crippen LogP contribution in [-0.2, 0) is 4.79 Å². The van der Waals surface area contributed by atoms with E-state index < -0.39 is 0 Å². The van der Waals surface area contributed by atoms with Crippen molar-refractivity contribution in [3.05, 3.63) is 17.0 Å². The van der Waals surface area contributed by atoms with E-state index in [1.807, 2.05) is 6.07 Å². The van der Waals surface area contributed by atoms with E-state index in [1.165, 1.54) is 23.1 Å². The van der Waals surface area contributed by atoms with Crippen LogP contribution in [0.25, 0.3) is 0 Å². The molecule has 90 valence electrons. The van der Waals surface area contributed by atoms with Crippen LogP contribution in [-0.4, -0.2) is 16.8 Å². The largest absolute Gasteiger partial charge is 0.377 e. The standard InChI is InChI=1S/C9H11N5OS2/c10-5-6-1-3-16-8(6)13-7(15)2-4-17-9(11)14-12/h1,3H,2,4,12H2,(H2,11,14)(H,13,15). The van der Waals surface area contributed by atoms with Gasteiger partial charge >= 0.3 is 0 Å². The number of carbonyl (C=O) groups excluding carboxylic acids is 1. The van der Waals surface area contributed by atoms with E-state index in [1.54, 1.807) is 11.4 Å². The minimum atomic E-state index is -0.165. The molecule has 0 aromatic carbocycles. The second kappa shape index (κ2) is 6.78. The number of thiophene rings is 1. The van der Waals surface area contributed by atoms with E-state index >= 15 is 0 Å². The predicted octanol–water partition coefficient (Wildman–Crippen LogP) is 0.870. The number of nitrogens with one attached hydrogen (secondary N) is 1. The smallest absolute Gasteiger partial charge is 0.225 e. The van der Waals surface area contributed by atoms with Crippen LogP contribution in [0.1, 0.15) is 12.0 Å². The highest BCUT2D eigenvalue weighted by Gasteiger charge is 2.08. The average molecular weight is 269 g/mol. The zero-order chi connectivity index (χ0) is 12.7. The Balaban J connectivity index is 2.38. The molecular formula is C9H11N5OS2. The molecule has 17 heavy (non-hydrogen) atoms. The zero-order valence-electron chi connectivity index (χ0n) is 8.84. The number of thioether (sulfide) groups is 1. The van der Waals surface area contributed by atoms with E-state index in [9.17, 15) is 4.79 Å². The van der Waals surface area contributed by atoms with Crippen molar-refractivity contribution in [2.45, 2.75) is 6.42 Å². The molecule has 0 atom stereocenters. The maximum Gasteiger partial charge on any atom is 0.225 e. The van der Waals surface area contributed by atoms with Gasteiger partial charge in [0.2, 0.25) is 5.91 Å². The minimum absolute atomic E-state index is 0.165. The minimum Gasteiger partial charge on any atom is -0.377 e. The third-order valence-corrected chi connectivity index (χ3v) is 3.38. The lowest BCUT2D eigenvalue weighted by molar-refractivity contribution is -0.115. The topological polar surface area (TPSA) is 117 Å². The van der Waals surface area contributed by atoms with Crippen molar-refractivity contribution in [1.82, 2.24) is 0 Å². The summed E-state index contributed by atoms with van der Waals surface area (Å²) in [7, 11) is 0. The molecule has 8 heteroatoms. The number of hydrogen-bond donors (Lipinski definition) is 3. The van der Waals surface area contributed by atoms with Gasteiger partial charge < -0.3 is 16.9 Å². The summed E-state index contributed by atoms with van der Waals surface area (Å²) >= 11 is 2.52. The molecule has 5 N–H and O–H groups in total. The summed E-state index contributed by atoms with van der Waals surface area (Å²) in [6, 6.07) is 3.66. The highest BCUT2D eigenvalue weighted by Crippen LogP contribution is 2.22. The molecule has 0 spiro atoms. The molecule has 0 saturated heterocycles. The number of amidine groups is 1. The molecule has 1 rings (SSSR count). The first kappa shape index (κ1) is 13.3. The number of nitrogens with two attached hydrogens (primary N) is 2. The summed E-state index contributed by atoms with van der Waals surface area (Å²) in [5, 5.41) is 17.3. The second-order valence-electron chi connectivity index (χ2n) is 2.89. The van der Waals surface area contributed by atoms with E-state index in [-0.39, 0.29) is 17.5 Å². The van der Waals surface area contributed by atoms with Gasteiger partial charge in [0.15, 0.2) is 5.17 Å². The fourth-order valence-corrected chi connectivity index (χ4v) is 2.29. The maximum atomic E-state index is 11.5. The first-order chi connectivity index (χ1) is 8.17. The molecular weight excluding hydrogens is 258 g/mol. The molecule has 1 aromatic rings. The first-order valence-corrected chi connectivity index (χ1v) is 6.47. The normalized spacial score (nSPS) is 10.9. The van der Waals surface area contributed by atoms with Crippen LogP contribution in [0.3, 0.4) is 0 Å². The molecule has 6 nitrogen and oxygen atoms in total. The third-order valence-electron chi connectivity index (χ3n) is 1.74. The van der Waals surface area contributed by atoms with Crippen LogP contribution in [0.4, 0.5) is 5.00 Å². The molecule has 0 fully saturated rings. The van der Waals surface area contributed by atoms with Gasteiger partial charge in [0.1, 0.15) is 11.1 Å². The average Bonchev–Trinajstić information content (AvgIpc) is 2.76. The van der Waals surface area contributed by atoms with Gasteiger partial charge in [0.25, 0.3) is 0 Å². The van der Waals surface area contributed by atoms with E-state index in [0.717, 1.165) is 0 Å². The number of nitriles is 1. The molecule has 0 aliphatic heterocycles. The Hall–Kier alpha value is -1.72. The van der Waals surface area contributed by atoms with E-state index in [4.69, 9.17) is 16.8 Å². The molecule has 0 radical (unpaired) electrons. The summed E-state index contributed by atoms with van der Waals surface area (Å²) in [4.78, 5) is 11.5. The Morgan fingerprint density at radius 1 is 1.71 bits per heavy atom. The number of rotatable bonds is 4. The summed E-state index contributed by atoms with van der Waals surface area (Å²) < 4.78 is 0. The Morgan fingerprint density at radius 3 is 3.12 bits per heavy atom. The van der Waals surface area contributed by atoms with Crippen LogP contribution in [0.2, 0.25) is 0 Å². The molecule has 0 saturated carbocycles. The van der Waals surface area contributed by atoms with Crippen molar-refractivity contribution in [3.63, 3.8) is 0 Å². The lowest BCUT2D eigenvalue weighted by Crippen LogP contribution is -2.15. The van der Waals surface area contributed by atoms with Crippen molar-refractivity contribution >= 4 is 39.2 Å². The van der Waals surface area contributed by atoms with Gasteiger partial charge in [-0.05, 0) is 11.4 Å². The molecule has 0 aliphatic carbocycles. The number of carbonyl (C=O) groups is 1. The van der Waals surface area contributed by atoms with Gasteiger partial charge in [-0.3, -0.25) is 4.79 Å². The Labute approximate surface area is 107 Å². The lowest BCUT2D eigenvalue weighted by Gasteiger charge is -2.02. The summed E-state index contributed by atoms with van der Waals surface area (Å²) in [5.41, 5.74) is 5.83. The Kier molecular flexibility index (Phi) is 5.32. The summed E-state index contributed by atoms with van der Waals surface area (Å²) in [5.74, 6) is 5.27. The Bertz CT molecular complexity index is 462. The van der Waals surface area contributed by atoms with Crippen molar-refractivity contribution in [1.29, 1.82) is 5.26 Å². The molecule has 0 aliphatic rings. The van der Waals surface area contributed by atoms with Gasteiger partial charge in [-0.15, -0.1) is 11.3 Å². The molecule has 1 aromatic heterocycles. The van der Waals surface area contributed by atoms with Gasteiger partial charge in [-0.2, -0.15) is 10.4 Å². The highest BCUT2D eigenvalue weighted by molar-refractivity contribution is 8.13. The molecule has 1 amide bonds. The van der Waals surface area contributed by atoms with Gasteiger partial charge in [0, 0.05) is 12.2 Å². The quantitative estimate of drug-likeness (QED) is 0.324. The van der Waals surface area contributed by atoms with Crippen LogP contribution in [0, 0.1) is 11.3 Å². The number of anilines is 1. The molecule has 0 bridgehead atoms. The van der Waals surface area contributed by atoms with Crippen molar-refractivity contribution < 1.29 is 4.79 Å². The van der Waals surface area contributed by atoms with Crippen LogP contribution in [0.5, 0.6) is 0 Å². The SMILES string of the molecule is N#Cc1ccsc1NC(=O)CCSC(N)=NN. The maximum absolute atomic E-state index is 11.5. The fraction of sp³-hybridized carbons (Fsp3) is 0.222. The summed E-state index contributed by atoms with van der Waals surface area (Å²) in [6.07, 6.45) is 0.281. The number of nitrogens with zero attached hydrogens (tertiary/aromatic N) is 2. The molecule has 0 unspecified atom stereocenters. The van der Waals surface area contributed by atoms with E-state index in [2.05, 4.69) is 10.4 Å². The van der Waals surface area contributed by atoms with Crippen LogP contribution >= 0.6 is 23.1 Å². The Morgan fingerprint density at radius 2 is 2.47 bits per heavy atom. The number of hydrazone groups is 1. The van der Waals surface area contributed by atoms with Gasteiger partial charge in [-0.25, -0.2) is 0 Å². The monoisotopic (exact) mass is 269 g/mol. The zero-order valence-corrected chi connectivity index (χ0v) is 10.5. The fourth-order valence-electron chi connectivity index (χ4n) is 0.969. The van der Waals surface area contributed by atoms with Crippen LogP contribution < -0.4 is 16.9 Å². The molecule has 1 heterocycles. The van der Waals surface area contributed by atoms with Crippen molar-refractivity contribution in [2.75, 3.05) is 11.1 Å². The van der Waals surface area contributed by atoms with Gasteiger partial charge in [-0.1, -0.05) is 11.8 Å². The van der Waals surface area contributed by atoms with Crippen LogP contribution in [0.15, 0.2) is 16.5 Å².